The number of nitrogens with one attached hydrogen (secondary N) is 2. The maximum Gasteiger partial charge on any atom is 0.267 e. The summed E-state index contributed by atoms with van der Waals surface area (Å²) in [5.41, 5.74) is 5.23. The van der Waals surface area contributed by atoms with Crippen LogP contribution in [0.2, 0.25) is 0 Å². The van der Waals surface area contributed by atoms with Gasteiger partial charge in [-0.15, -0.1) is 11.3 Å². The predicted octanol–water partition coefficient (Wildman–Crippen LogP) is 5.18. The van der Waals surface area contributed by atoms with E-state index < -0.39 is 22.6 Å². The molecule has 1 saturated heterocycles. The van der Waals surface area contributed by atoms with Crippen LogP contribution in [0.4, 0.5) is 25.8 Å². The number of hydrogen-bond acceptors (Lipinski definition) is 5. The zero-order valence-electron chi connectivity index (χ0n) is 19.0. The Kier molecular flexibility index (Phi) is 7.30. The second-order valence-electron chi connectivity index (χ2n) is 8.02. The molecule has 1 aliphatic heterocycles. The molecule has 2 N–H and O–H groups in total. The van der Waals surface area contributed by atoms with Crippen molar-refractivity contribution >= 4 is 45.3 Å². The van der Waals surface area contributed by atoms with Crippen molar-refractivity contribution in [2.24, 2.45) is 0 Å². The van der Waals surface area contributed by atoms with Crippen LogP contribution in [0.5, 0.6) is 0 Å². The lowest BCUT2D eigenvalue weighted by atomic mass is 10.0. The topological polar surface area (TPSA) is 70.7 Å². The van der Waals surface area contributed by atoms with Crippen molar-refractivity contribution in [2.45, 2.75) is 25.7 Å². The van der Waals surface area contributed by atoms with E-state index >= 15 is 0 Å². The fraction of sp³-hybridized carbons (Fsp3) is 0.292. The number of carbonyl (C=O) groups is 1. The van der Waals surface area contributed by atoms with Gasteiger partial charge in [0.15, 0.2) is 11.6 Å². The first-order valence-electron chi connectivity index (χ1n) is 10.7. The molecule has 0 radical (unpaired) electrons. The second kappa shape index (κ2) is 10.2. The van der Waals surface area contributed by atoms with Crippen molar-refractivity contribution in [1.29, 1.82) is 0 Å². The lowest BCUT2D eigenvalue weighted by molar-refractivity contribution is 0.103. The first-order valence-corrected chi connectivity index (χ1v) is 12.7. The molecule has 34 heavy (non-hydrogen) atoms. The zero-order chi connectivity index (χ0) is 24.4. The molecule has 0 spiro atoms. The van der Waals surface area contributed by atoms with Crippen LogP contribution in [0.1, 0.15) is 26.4 Å². The van der Waals surface area contributed by atoms with Gasteiger partial charge in [0.25, 0.3) is 5.91 Å². The smallest absolute Gasteiger partial charge is 0.267 e. The van der Waals surface area contributed by atoms with Gasteiger partial charge in [0.2, 0.25) is 0 Å². The van der Waals surface area contributed by atoms with Gasteiger partial charge >= 0.3 is 0 Å². The molecule has 180 valence electrons. The monoisotopic (exact) mass is 505 g/mol. The van der Waals surface area contributed by atoms with Gasteiger partial charge in [0, 0.05) is 24.5 Å². The molecule has 0 aliphatic carbocycles. The van der Waals surface area contributed by atoms with E-state index in [2.05, 4.69) is 27.9 Å². The normalized spacial score (nSPS) is 14.7. The molecule has 1 atom stereocenters. The van der Waals surface area contributed by atoms with Gasteiger partial charge in [-0.05, 0) is 67.1 Å². The molecule has 0 bridgehead atoms. The third-order valence-electron chi connectivity index (χ3n) is 5.68. The van der Waals surface area contributed by atoms with E-state index in [0.29, 0.717) is 23.8 Å². The maximum atomic E-state index is 13.5. The number of amides is 1. The lowest BCUT2D eigenvalue weighted by Crippen LogP contribution is -2.37. The van der Waals surface area contributed by atoms with Crippen LogP contribution >= 0.6 is 11.3 Å². The largest absolute Gasteiger partial charge is 0.378 e. The molecular formula is C24H25F2N3O3S2. The number of thiophene rings is 1. The predicted molar refractivity (Wildman–Crippen MR) is 132 cm³/mol. The standard InChI is InChI=1S/C24H25F2N3O3S2/c1-14-12-15(2)22(29-7-9-32-10-8-29)16(3)21(14)27-24(30)23-20(6-11-33-23)28-34(31)17-4-5-18(25)19(26)13-17/h4-6,11-13,28H,7-10H2,1-3H3,(H,27,30). The fourth-order valence-corrected chi connectivity index (χ4v) is 5.83. The molecule has 10 heteroatoms. The number of rotatable bonds is 6. The Hall–Kier alpha value is -2.82. The number of anilines is 3. The minimum atomic E-state index is -1.87. The van der Waals surface area contributed by atoms with Crippen molar-refractivity contribution in [3.63, 3.8) is 0 Å². The maximum absolute atomic E-state index is 13.5. The van der Waals surface area contributed by atoms with Crippen molar-refractivity contribution in [1.82, 2.24) is 0 Å². The van der Waals surface area contributed by atoms with Gasteiger partial charge < -0.3 is 15.0 Å². The number of benzene rings is 2. The molecular weight excluding hydrogens is 480 g/mol. The van der Waals surface area contributed by atoms with Crippen LogP contribution in [0.3, 0.4) is 0 Å². The average molecular weight is 506 g/mol. The Balaban J connectivity index is 1.57. The van der Waals surface area contributed by atoms with Gasteiger partial charge in [0.1, 0.15) is 15.9 Å². The van der Waals surface area contributed by atoms with E-state index in [1.165, 1.54) is 17.4 Å². The Morgan fingerprint density at radius 3 is 2.50 bits per heavy atom. The number of ether oxygens (including phenoxy) is 1. The van der Waals surface area contributed by atoms with E-state index in [1.54, 1.807) is 11.4 Å². The van der Waals surface area contributed by atoms with Gasteiger partial charge in [-0.1, -0.05) is 6.07 Å². The molecule has 2 aromatic carbocycles. The molecule has 1 unspecified atom stereocenters. The number of halogens is 2. The lowest BCUT2D eigenvalue weighted by Gasteiger charge is -2.32. The molecule has 2 heterocycles. The highest BCUT2D eigenvalue weighted by Gasteiger charge is 2.22. The SMILES string of the molecule is Cc1cc(C)c(N2CCOCC2)c(C)c1NC(=O)c1sccc1NS(=O)c1ccc(F)c(F)c1. The molecule has 0 saturated carbocycles. The number of carbonyl (C=O) groups excluding carboxylic acids is 1. The number of nitrogens with zero attached hydrogens (tertiary/aromatic N) is 1. The molecule has 1 aromatic heterocycles. The Bertz CT molecular complexity index is 1260. The summed E-state index contributed by atoms with van der Waals surface area (Å²) >= 11 is 1.20. The van der Waals surface area contributed by atoms with E-state index in [0.717, 1.165) is 53.3 Å². The van der Waals surface area contributed by atoms with Crippen LogP contribution in [-0.2, 0) is 15.7 Å². The zero-order valence-corrected chi connectivity index (χ0v) is 20.7. The summed E-state index contributed by atoms with van der Waals surface area (Å²) in [6.07, 6.45) is 0. The van der Waals surface area contributed by atoms with Gasteiger partial charge in [-0.2, -0.15) is 0 Å². The molecule has 1 fully saturated rings. The first kappa shape index (κ1) is 24.3. The highest BCUT2D eigenvalue weighted by atomic mass is 32.2. The van der Waals surface area contributed by atoms with Gasteiger partial charge in [-0.25, -0.2) is 13.0 Å². The third-order valence-corrected chi connectivity index (χ3v) is 7.68. The Labute approximate surface area is 203 Å². The van der Waals surface area contributed by atoms with Gasteiger partial charge in [0.05, 0.1) is 23.8 Å². The summed E-state index contributed by atoms with van der Waals surface area (Å²) in [5, 5.41) is 4.72. The van der Waals surface area contributed by atoms with E-state index in [9.17, 15) is 17.8 Å². The Morgan fingerprint density at radius 2 is 1.79 bits per heavy atom. The minimum absolute atomic E-state index is 0.0665. The van der Waals surface area contributed by atoms with Crippen LogP contribution in [-0.4, -0.2) is 36.4 Å². The fourth-order valence-electron chi connectivity index (χ4n) is 4.13. The summed E-state index contributed by atoms with van der Waals surface area (Å²) < 4.78 is 47.6. The number of aryl methyl sites for hydroxylation is 2. The minimum Gasteiger partial charge on any atom is -0.378 e. The van der Waals surface area contributed by atoms with Crippen LogP contribution in [0, 0.1) is 32.4 Å². The molecule has 3 aromatic rings. The van der Waals surface area contributed by atoms with Crippen molar-refractivity contribution in [2.75, 3.05) is 41.2 Å². The van der Waals surface area contributed by atoms with E-state index in [-0.39, 0.29) is 10.8 Å². The average Bonchev–Trinajstić information content (AvgIpc) is 3.27. The van der Waals surface area contributed by atoms with Crippen molar-refractivity contribution in [3.05, 3.63) is 68.9 Å². The van der Waals surface area contributed by atoms with E-state index in [4.69, 9.17) is 4.74 Å². The number of hydrogen-bond donors (Lipinski definition) is 2. The second-order valence-corrected chi connectivity index (χ2v) is 10.2. The van der Waals surface area contributed by atoms with E-state index in [1.807, 2.05) is 13.8 Å². The summed E-state index contributed by atoms with van der Waals surface area (Å²) in [4.78, 5) is 15.9. The van der Waals surface area contributed by atoms with Crippen molar-refractivity contribution < 1.29 is 22.5 Å². The van der Waals surface area contributed by atoms with Gasteiger partial charge in [-0.3, -0.25) is 9.52 Å². The summed E-state index contributed by atoms with van der Waals surface area (Å²) in [6, 6.07) is 6.71. The first-order chi connectivity index (χ1) is 16.3. The summed E-state index contributed by atoms with van der Waals surface area (Å²) in [7, 11) is -1.87. The van der Waals surface area contributed by atoms with Crippen LogP contribution in [0.25, 0.3) is 0 Å². The highest BCUT2D eigenvalue weighted by molar-refractivity contribution is 7.86. The molecule has 4 rings (SSSR count). The molecule has 1 amide bonds. The molecule has 1 aliphatic rings. The van der Waals surface area contributed by atoms with Crippen LogP contribution < -0.4 is 14.9 Å². The quantitative estimate of drug-likeness (QED) is 0.485. The summed E-state index contributed by atoms with van der Waals surface area (Å²) in [6.45, 7) is 8.89. The third kappa shape index (κ3) is 4.98. The van der Waals surface area contributed by atoms with Crippen LogP contribution in [0.15, 0.2) is 40.6 Å². The summed E-state index contributed by atoms with van der Waals surface area (Å²) in [5.74, 6) is -2.45. The molecule has 6 nitrogen and oxygen atoms in total. The number of morpholine rings is 1. The highest BCUT2D eigenvalue weighted by Crippen LogP contribution is 2.35. The Morgan fingerprint density at radius 1 is 1.06 bits per heavy atom. The van der Waals surface area contributed by atoms with Crippen molar-refractivity contribution in [3.8, 4) is 0 Å².